The summed E-state index contributed by atoms with van der Waals surface area (Å²) in [5, 5.41) is 3.78. The zero-order valence-corrected chi connectivity index (χ0v) is 14.1. The van der Waals surface area contributed by atoms with Crippen molar-refractivity contribution in [1.29, 1.82) is 0 Å². The molecule has 3 nitrogen and oxygen atoms in total. The summed E-state index contributed by atoms with van der Waals surface area (Å²) in [5.74, 6) is 0.835. The van der Waals surface area contributed by atoms with Crippen LogP contribution in [0, 0.1) is 5.92 Å². The molecule has 0 amide bonds. The third-order valence-corrected chi connectivity index (χ3v) is 5.01. The summed E-state index contributed by atoms with van der Waals surface area (Å²) in [4.78, 5) is 0. The minimum Gasteiger partial charge on any atom is -0.501 e. The second-order valence-electron chi connectivity index (χ2n) is 6.73. The Kier molecular flexibility index (Phi) is 6.56. The quantitative estimate of drug-likeness (QED) is 0.769. The first-order chi connectivity index (χ1) is 10.2. The van der Waals surface area contributed by atoms with Crippen LogP contribution in [0.15, 0.2) is 11.8 Å². The van der Waals surface area contributed by atoms with Crippen LogP contribution >= 0.6 is 0 Å². The predicted octanol–water partition coefficient (Wildman–Crippen LogP) is 4.03. The summed E-state index contributed by atoms with van der Waals surface area (Å²) in [6, 6.07) is 0.324. The highest BCUT2D eigenvalue weighted by atomic mass is 16.5. The van der Waals surface area contributed by atoms with Crippen LogP contribution in [0.4, 0.5) is 0 Å². The normalized spacial score (nSPS) is 31.4. The molecule has 0 aromatic carbocycles. The summed E-state index contributed by atoms with van der Waals surface area (Å²) < 4.78 is 12.0. The molecule has 1 atom stereocenters. The van der Waals surface area contributed by atoms with Gasteiger partial charge in [0.15, 0.2) is 0 Å². The van der Waals surface area contributed by atoms with Crippen molar-refractivity contribution in [3.05, 3.63) is 11.8 Å². The van der Waals surface area contributed by atoms with Crippen molar-refractivity contribution in [2.45, 2.75) is 77.4 Å². The Morgan fingerprint density at radius 2 is 2.14 bits per heavy atom. The van der Waals surface area contributed by atoms with E-state index in [9.17, 15) is 0 Å². The van der Waals surface area contributed by atoms with Gasteiger partial charge in [-0.25, -0.2) is 0 Å². The van der Waals surface area contributed by atoms with E-state index >= 15 is 0 Å². The van der Waals surface area contributed by atoms with Gasteiger partial charge in [-0.05, 0) is 69.9 Å². The van der Waals surface area contributed by atoms with Crippen molar-refractivity contribution in [2.75, 3.05) is 19.8 Å². The van der Waals surface area contributed by atoms with Crippen LogP contribution in [0.3, 0.4) is 0 Å². The fourth-order valence-corrected chi connectivity index (χ4v) is 3.80. The molecular formula is C18H33NO2. The Hall–Kier alpha value is -0.540. The average Bonchev–Trinajstić information content (AvgIpc) is 2.52. The molecule has 2 aliphatic rings. The Morgan fingerprint density at radius 1 is 1.38 bits per heavy atom. The second-order valence-corrected chi connectivity index (χ2v) is 6.73. The maximum absolute atomic E-state index is 6.37. The van der Waals surface area contributed by atoms with E-state index in [4.69, 9.17) is 9.47 Å². The first kappa shape index (κ1) is 16.8. The van der Waals surface area contributed by atoms with E-state index in [2.05, 4.69) is 26.1 Å². The molecule has 1 aliphatic carbocycles. The highest BCUT2D eigenvalue weighted by Gasteiger charge is 2.43. The minimum atomic E-state index is -0.0248. The van der Waals surface area contributed by atoms with Crippen LogP contribution in [0.1, 0.15) is 65.7 Å². The van der Waals surface area contributed by atoms with Gasteiger partial charge in [-0.2, -0.15) is 0 Å². The van der Waals surface area contributed by atoms with Gasteiger partial charge in [0.25, 0.3) is 0 Å². The van der Waals surface area contributed by atoms with Gasteiger partial charge in [0.2, 0.25) is 0 Å². The summed E-state index contributed by atoms with van der Waals surface area (Å²) >= 11 is 0. The number of rotatable bonds is 7. The Bertz CT molecular complexity index is 332. The van der Waals surface area contributed by atoms with Gasteiger partial charge in [-0.3, -0.25) is 0 Å². The molecule has 1 heterocycles. The Balaban J connectivity index is 2.19. The smallest absolute Gasteiger partial charge is 0.0876 e. The van der Waals surface area contributed by atoms with E-state index in [1.165, 1.54) is 31.3 Å². The zero-order valence-electron chi connectivity index (χ0n) is 14.1. The highest BCUT2D eigenvalue weighted by molar-refractivity contribution is 5.18. The molecule has 1 unspecified atom stereocenters. The molecule has 2 rings (SSSR count). The largest absolute Gasteiger partial charge is 0.501 e. The third-order valence-electron chi connectivity index (χ3n) is 5.01. The lowest BCUT2D eigenvalue weighted by atomic mass is 9.72. The molecule has 21 heavy (non-hydrogen) atoms. The lowest BCUT2D eigenvalue weighted by Gasteiger charge is -2.46. The Labute approximate surface area is 130 Å². The summed E-state index contributed by atoms with van der Waals surface area (Å²) in [6.45, 7) is 9.43. The highest BCUT2D eigenvalue weighted by Crippen LogP contribution is 2.40. The van der Waals surface area contributed by atoms with Crippen LogP contribution in [-0.2, 0) is 9.47 Å². The topological polar surface area (TPSA) is 30.5 Å². The number of nitrogens with one attached hydrogen (secondary N) is 1. The maximum Gasteiger partial charge on any atom is 0.0876 e. The van der Waals surface area contributed by atoms with Crippen LogP contribution in [0.2, 0.25) is 0 Å². The molecule has 0 radical (unpaired) electrons. The van der Waals surface area contributed by atoms with Gasteiger partial charge in [0.05, 0.1) is 24.5 Å². The van der Waals surface area contributed by atoms with Crippen LogP contribution in [0.25, 0.3) is 0 Å². The minimum absolute atomic E-state index is 0.0248. The lowest BCUT2D eigenvalue weighted by Crippen LogP contribution is -2.55. The molecule has 0 bridgehead atoms. The van der Waals surface area contributed by atoms with Crippen molar-refractivity contribution >= 4 is 0 Å². The summed E-state index contributed by atoms with van der Waals surface area (Å²) in [7, 11) is 0. The van der Waals surface area contributed by atoms with Crippen LogP contribution in [0.5, 0.6) is 0 Å². The predicted molar refractivity (Wildman–Crippen MR) is 87.3 cm³/mol. The van der Waals surface area contributed by atoms with Gasteiger partial charge < -0.3 is 14.8 Å². The van der Waals surface area contributed by atoms with Crippen molar-refractivity contribution in [3.63, 3.8) is 0 Å². The van der Waals surface area contributed by atoms with E-state index in [1.807, 2.05) is 6.26 Å². The number of hydrogen-bond acceptors (Lipinski definition) is 3. The van der Waals surface area contributed by atoms with Crippen molar-refractivity contribution < 1.29 is 9.47 Å². The van der Waals surface area contributed by atoms with Gasteiger partial charge in [0.1, 0.15) is 0 Å². The van der Waals surface area contributed by atoms with Crippen LogP contribution in [-0.4, -0.2) is 31.4 Å². The summed E-state index contributed by atoms with van der Waals surface area (Å²) in [6.07, 6.45) is 10.3. The fourth-order valence-electron chi connectivity index (χ4n) is 3.80. The molecule has 0 spiro atoms. The van der Waals surface area contributed by atoms with Crippen molar-refractivity contribution in [1.82, 2.24) is 5.32 Å². The average molecular weight is 295 g/mol. The van der Waals surface area contributed by atoms with E-state index in [-0.39, 0.29) is 5.60 Å². The van der Waals surface area contributed by atoms with E-state index in [0.29, 0.717) is 6.04 Å². The molecule has 1 fully saturated rings. The molecule has 3 heteroatoms. The van der Waals surface area contributed by atoms with E-state index in [1.54, 1.807) is 0 Å². The zero-order chi connectivity index (χ0) is 15.1. The number of ether oxygens (including phenoxy) is 2. The SMILES string of the molecule is CCCNC(C1=COCCC1)C1(OCC)CCC(C)CC1. The molecular weight excluding hydrogens is 262 g/mol. The molecule has 1 saturated carbocycles. The van der Waals surface area contributed by atoms with Crippen LogP contribution < -0.4 is 5.32 Å². The van der Waals surface area contributed by atoms with Crippen molar-refractivity contribution in [2.24, 2.45) is 5.92 Å². The van der Waals surface area contributed by atoms with E-state index < -0.39 is 0 Å². The second kappa shape index (κ2) is 8.19. The monoisotopic (exact) mass is 295 g/mol. The van der Waals surface area contributed by atoms with Gasteiger partial charge in [-0.1, -0.05) is 13.8 Å². The molecule has 0 saturated heterocycles. The molecule has 0 aromatic rings. The Morgan fingerprint density at radius 3 is 2.71 bits per heavy atom. The maximum atomic E-state index is 6.37. The molecule has 0 aromatic heterocycles. The van der Waals surface area contributed by atoms with Gasteiger partial charge in [-0.15, -0.1) is 0 Å². The molecule has 1 N–H and O–H groups in total. The standard InChI is InChI=1S/C18H33NO2/c1-4-12-19-17(16-7-6-13-20-14-16)18(21-5-2)10-8-15(3)9-11-18/h14-15,17,19H,4-13H2,1-3H3. The summed E-state index contributed by atoms with van der Waals surface area (Å²) in [5.41, 5.74) is 1.39. The third kappa shape index (κ3) is 4.23. The first-order valence-corrected chi connectivity index (χ1v) is 8.89. The lowest BCUT2D eigenvalue weighted by molar-refractivity contribution is -0.0899. The van der Waals surface area contributed by atoms with Gasteiger partial charge >= 0.3 is 0 Å². The van der Waals surface area contributed by atoms with Crippen molar-refractivity contribution in [3.8, 4) is 0 Å². The van der Waals surface area contributed by atoms with E-state index in [0.717, 1.165) is 44.9 Å². The number of hydrogen-bond donors (Lipinski definition) is 1. The molecule has 122 valence electrons. The van der Waals surface area contributed by atoms with Gasteiger partial charge in [0, 0.05) is 6.61 Å². The fraction of sp³-hybridized carbons (Fsp3) is 0.889. The first-order valence-electron chi connectivity index (χ1n) is 8.89. The molecule has 1 aliphatic heterocycles.